The molecule has 0 amide bonds. The van der Waals surface area contributed by atoms with Crippen molar-refractivity contribution < 1.29 is 14.3 Å². The van der Waals surface area contributed by atoms with Crippen molar-refractivity contribution in [2.45, 2.75) is 0 Å². The van der Waals surface area contributed by atoms with E-state index in [1.54, 1.807) is 48.7 Å². The second kappa shape index (κ2) is 5.23. The fourth-order valence-corrected chi connectivity index (χ4v) is 1.52. The van der Waals surface area contributed by atoms with Crippen LogP contribution in [0.1, 0.15) is 26.4 Å². The van der Waals surface area contributed by atoms with Gasteiger partial charge < -0.3 is 4.74 Å². The number of hydrogen-bond donors (Lipinski definition) is 0. The van der Waals surface area contributed by atoms with E-state index in [-0.39, 0.29) is 5.78 Å². The summed E-state index contributed by atoms with van der Waals surface area (Å²) >= 11 is 0. The van der Waals surface area contributed by atoms with Crippen LogP contribution in [0.4, 0.5) is 0 Å². The molecule has 2 rings (SSSR count). The quantitative estimate of drug-likeness (QED) is 0.610. The van der Waals surface area contributed by atoms with E-state index < -0.39 is 5.97 Å². The van der Waals surface area contributed by atoms with E-state index in [0.29, 0.717) is 16.8 Å². The summed E-state index contributed by atoms with van der Waals surface area (Å²) in [6.45, 7) is 0. The summed E-state index contributed by atoms with van der Waals surface area (Å²) in [5, 5.41) is 0. The number of carbonyl (C=O) groups is 2. The van der Waals surface area contributed by atoms with Gasteiger partial charge in [0, 0.05) is 11.8 Å². The Morgan fingerprint density at radius 2 is 1.67 bits per heavy atom. The smallest absolute Gasteiger partial charge is 0.337 e. The number of nitrogens with zero attached hydrogens (tertiary/aromatic N) is 1. The Hall–Kier alpha value is -2.49. The van der Waals surface area contributed by atoms with Gasteiger partial charge in [-0.2, -0.15) is 0 Å². The van der Waals surface area contributed by atoms with Crippen molar-refractivity contribution in [3.63, 3.8) is 0 Å². The third kappa shape index (κ3) is 2.43. The number of benzene rings is 1. The van der Waals surface area contributed by atoms with Gasteiger partial charge >= 0.3 is 5.97 Å². The predicted octanol–water partition coefficient (Wildman–Crippen LogP) is 2.10. The second-order valence-corrected chi connectivity index (χ2v) is 3.61. The van der Waals surface area contributed by atoms with Crippen LogP contribution in [0.25, 0.3) is 0 Å². The van der Waals surface area contributed by atoms with Crippen LogP contribution in [-0.4, -0.2) is 23.8 Å². The molecule has 0 radical (unpaired) electrons. The van der Waals surface area contributed by atoms with Crippen LogP contribution in [-0.2, 0) is 4.74 Å². The van der Waals surface area contributed by atoms with Gasteiger partial charge in [-0.05, 0) is 24.3 Å². The summed E-state index contributed by atoms with van der Waals surface area (Å²) in [4.78, 5) is 27.3. The zero-order valence-electron chi connectivity index (χ0n) is 9.79. The number of carbonyl (C=O) groups excluding carboxylic acids is 2. The Morgan fingerprint density at radius 3 is 2.22 bits per heavy atom. The van der Waals surface area contributed by atoms with Crippen molar-refractivity contribution >= 4 is 11.8 Å². The number of ether oxygens (including phenoxy) is 1. The van der Waals surface area contributed by atoms with Crippen LogP contribution in [0.3, 0.4) is 0 Å². The minimum Gasteiger partial charge on any atom is -0.465 e. The first-order chi connectivity index (χ1) is 8.72. The summed E-state index contributed by atoms with van der Waals surface area (Å²) < 4.78 is 4.59. The molecule has 0 saturated heterocycles. The SMILES string of the molecule is COC(=O)c1ccc(C(=O)c2ccccn2)cc1. The highest BCUT2D eigenvalue weighted by Gasteiger charge is 2.11. The highest BCUT2D eigenvalue weighted by atomic mass is 16.5. The fourth-order valence-electron chi connectivity index (χ4n) is 1.52. The first-order valence-electron chi connectivity index (χ1n) is 5.36. The standard InChI is InChI=1S/C14H11NO3/c1-18-14(17)11-7-5-10(6-8-11)13(16)12-4-2-3-9-15-12/h2-9H,1H3. The summed E-state index contributed by atoms with van der Waals surface area (Å²) in [5.74, 6) is -0.598. The molecule has 90 valence electrons. The molecule has 0 bridgehead atoms. The van der Waals surface area contributed by atoms with Crippen LogP contribution in [0, 0.1) is 0 Å². The lowest BCUT2D eigenvalue weighted by molar-refractivity contribution is 0.0600. The zero-order valence-corrected chi connectivity index (χ0v) is 9.79. The first kappa shape index (κ1) is 12.0. The van der Waals surface area contributed by atoms with Crippen LogP contribution in [0.15, 0.2) is 48.7 Å². The molecule has 1 aromatic heterocycles. The lowest BCUT2D eigenvalue weighted by Crippen LogP contribution is -2.05. The Morgan fingerprint density at radius 1 is 1.00 bits per heavy atom. The van der Waals surface area contributed by atoms with E-state index in [9.17, 15) is 9.59 Å². The molecule has 4 heteroatoms. The van der Waals surface area contributed by atoms with Crippen LogP contribution >= 0.6 is 0 Å². The third-order valence-electron chi connectivity index (χ3n) is 2.47. The van der Waals surface area contributed by atoms with Crippen molar-refractivity contribution in [2.24, 2.45) is 0 Å². The van der Waals surface area contributed by atoms with Gasteiger partial charge in [0.1, 0.15) is 5.69 Å². The molecule has 0 saturated carbocycles. The molecule has 1 aromatic carbocycles. The Bertz CT molecular complexity index is 561. The molecule has 0 spiro atoms. The summed E-state index contributed by atoms with van der Waals surface area (Å²) in [7, 11) is 1.31. The number of pyridine rings is 1. The monoisotopic (exact) mass is 241 g/mol. The molecule has 2 aromatic rings. The number of methoxy groups -OCH3 is 1. The van der Waals surface area contributed by atoms with Crippen molar-refractivity contribution in [3.05, 3.63) is 65.5 Å². The molecule has 18 heavy (non-hydrogen) atoms. The summed E-state index contributed by atoms with van der Waals surface area (Å²) in [5.41, 5.74) is 1.28. The molecule has 0 unspecified atom stereocenters. The fraction of sp³-hybridized carbons (Fsp3) is 0.0714. The van der Waals surface area contributed by atoms with E-state index in [4.69, 9.17) is 0 Å². The molecule has 0 N–H and O–H groups in total. The number of ketones is 1. The molecule has 4 nitrogen and oxygen atoms in total. The topological polar surface area (TPSA) is 56.3 Å². The predicted molar refractivity (Wildman–Crippen MR) is 65.5 cm³/mol. The maximum atomic E-state index is 12.0. The lowest BCUT2D eigenvalue weighted by atomic mass is 10.1. The lowest BCUT2D eigenvalue weighted by Gasteiger charge is -2.02. The minimum absolute atomic E-state index is 0.174. The summed E-state index contributed by atoms with van der Waals surface area (Å²) in [6.07, 6.45) is 1.57. The van der Waals surface area contributed by atoms with Gasteiger partial charge in [-0.25, -0.2) is 4.79 Å². The van der Waals surface area contributed by atoms with E-state index in [1.165, 1.54) is 7.11 Å². The third-order valence-corrected chi connectivity index (χ3v) is 2.47. The maximum Gasteiger partial charge on any atom is 0.337 e. The molecule has 1 heterocycles. The normalized spacial score (nSPS) is 9.83. The molecule has 0 aliphatic carbocycles. The Balaban J connectivity index is 2.25. The van der Waals surface area contributed by atoms with E-state index in [2.05, 4.69) is 9.72 Å². The summed E-state index contributed by atoms with van der Waals surface area (Å²) in [6, 6.07) is 11.4. The van der Waals surface area contributed by atoms with Gasteiger partial charge in [0.05, 0.1) is 12.7 Å². The number of esters is 1. The average molecular weight is 241 g/mol. The molecule has 0 atom stereocenters. The van der Waals surface area contributed by atoms with Crippen LogP contribution < -0.4 is 0 Å². The van der Waals surface area contributed by atoms with Gasteiger partial charge in [-0.15, -0.1) is 0 Å². The number of hydrogen-bond acceptors (Lipinski definition) is 4. The van der Waals surface area contributed by atoms with Gasteiger partial charge in [0.15, 0.2) is 0 Å². The van der Waals surface area contributed by atoms with Crippen LogP contribution in [0.5, 0.6) is 0 Å². The highest BCUT2D eigenvalue weighted by Crippen LogP contribution is 2.10. The molecule has 0 aliphatic heterocycles. The Kier molecular flexibility index (Phi) is 3.48. The van der Waals surface area contributed by atoms with E-state index in [0.717, 1.165) is 0 Å². The molecular weight excluding hydrogens is 230 g/mol. The largest absolute Gasteiger partial charge is 0.465 e. The zero-order chi connectivity index (χ0) is 13.0. The number of aromatic nitrogens is 1. The van der Waals surface area contributed by atoms with E-state index in [1.807, 2.05) is 0 Å². The van der Waals surface area contributed by atoms with Crippen LogP contribution in [0.2, 0.25) is 0 Å². The second-order valence-electron chi connectivity index (χ2n) is 3.61. The van der Waals surface area contributed by atoms with Gasteiger partial charge in [-0.1, -0.05) is 18.2 Å². The molecule has 0 aliphatic rings. The van der Waals surface area contributed by atoms with Gasteiger partial charge in [0.25, 0.3) is 0 Å². The molecular formula is C14H11NO3. The highest BCUT2D eigenvalue weighted by molar-refractivity contribution is 6.08. The van der Waals surface area contributed by atoms with Gasteiger partial charge in [-0.3, -0.25) is 9.78 Å². The van der Waals surface area contributed by atoms with Crippen molar-refractivity contribution in [3.8, 4) is 0 Å². The minimum atomic E-state index is -0.424. The first-order valence-corrected chi connectivity index (χ1v) is 5.36. The van der Waals surface area contributed by atoms with Crippen molar-refractivity contribution in [1.29, 1.82) is 0 Å². The maximum absolute atomic E-state index is 12.0. The van der Waals surface area contributed by atoms with E-state index >= 15 is 0 Å². The van der Waals surface area contributed by atoms with Crippen molar-refractivity contribution in [2.75, 3.05) is 7.11 Å². The average Bonchev–Trinajstić information content (AvgIpc) is 2.47. The number of rotatable bonds is 3. The molecule has 0 fully saturated rings. The van der Waals surface area contributed by atoms with Crippen molar-refractivity contribution in [1.82, 2.24) is 4.98 Å². The van der Waals surface area contributed by atoms with Gasteiger partial charge in [0.2, 0.25) is 5.78 Å². The Labute approximate surface area is 104 Å².